The average Bonchev–Trinajstić information content (AvgIpc) is 2.57. The smallest absolute Gasteiger partial charge is 0.193 e. The molecule has 0 amide bonds. The van der Waals surface area contributed by atoms with Gasteiger partial charge in [0.2, 0.25) is 0 Å². The SMILES string of the molecule is CN=C(NCC1CCCN(C(C)C)C1)N(C)Cc1ccc(C)cc1. The predicted octanol–water partition coefficient (Wildman–Crippen LogP) is 3.12. The number of nitrogens with zero attached hydrogens (tertiary/aromatic N) is 3. The molecule has 4 nitrogen and oxygen atoms in total. The largest absolute Gasteiger partial charge is 0.356 e. The van der Waals surface area contributed by atoms with E-state index in [2.05, 4.69) is 72.2 Å². The van der Waals surface area contributed by atoms with Gasteiger partial charge in [-0.15, -0.1) is 0 Å². The summed E-state index contributed by atoms with van der Waals surface area (Å²) in [7, 11) is 3.98. The van der Waals surface area contributed by atoms with E-state index in [-0.39, 0.29) is 0 Å². The Labute approximate surface area is 147 Å². The molecule has 134 valence electrons. The quantitative estimate of drug-likeness (QED) is 0.665. The minimum atomic E-state index is 0.649. The Kier molecular flexibility index (Phi) is 7.10. The van der Waals surface area contributed by atoms with E-state index in [1.807, 2.05) is 7.05 Å². The zero-order chi connectivity index (χ0) is 17.5. The molecule has 0 bridgehead atoms. The van der Waals surface area contributed by atoms with Gasteiger partial charge in [0.25, 0.3) is 0 Å². The third-order valence-corrected chi connectivity index (χ3v) is 4.94. The highest BCUT2D eigenvalue weighted by atomic mass is 15.3. The molecule has 0 aliphatic carbocycles. The van der Waals surface area contributed by atoms with E-state index in [0.717, 1.165) is 19.0 Å². The first-order valence-corrected chi connectivity index (χ1v) is 9.21. The van der Waals surface area contributed by atoms with E-state index in [9.17, 15) is 0 Å². The maximum atomic E-state index is 4.46. The van der Waals surface area contributed by atoms with Crippen molar-refractivity contribution in [2.45, 2.75) is 46.2 Å². The molecule has 1 unspecified atom stereocenters. The van der Waals surface area contributed by atoms with E-state index in [1.165, 1.54) is 37.1 Å². The molecule has 1 aliphatic heterocycles. The molecular weight excluding hydrogens is 296 g/mol. The van der Waals surface area contributed by atoms with Crippen molar-refractivity contribution in [2.24, 2.45) is 10.9 Å². The van der Waals surface area contributed by atoms with Crippen LogP contribution >= 0.6 is 0 Å². The molecule has 24 heavy (non-hydrogen) atoms. The number of benzene rings is 1. The van der Waals surface area contributed by atoms with Crippen LogP contribution in [0.25, 0.3) is 0 Å². The van der Waals surface area contributed by atoms with Gasteiger partial charge in [0.05, 0.1) is 0 Å². The van der Waals surface area contributed by atoms with Crippen molar-refractivity contribution in [3.63, 3.8) is 0 Å². The third-order valence-electron chi connectivity index (χ3n) is 4.94. The van der Waals surface area contributed by atoms with Crippen molar-refractivity contribution in [1.82, 2.24) is 15.1 Å². The number of hydrogen-bond acceptors (Lipinski definition) is 2. The molecular formula is C20H34N4. The molecule has 1 heterocycles. The van der Waals surface area contributed by atoms with Crippen molar-refractivity contribution >= 4 is 5.96 Å². The van der Waals surface area contributed by atoms with Gasteiger partial charge in [0, 0.05) is 39.8 Å². The molecule has 0 saturated carbocycles. The van der Waals surface area contributed by atoms with Crippen LogP contribution in [0.1, 0.15) is 37.8 Å². The highest BCUT2D eigenvalue weighted by Gasteiger charge is 2.22. The molecule has 2 rings (SSSR count). The minimum absolute atomic E-state index is 0.649. The number of nitrogens with one attached hydrogen (secondary N) is 1. The zero-order valence-corrected chi connectivity index (χ0v) is 16.0. The van der Waals surface area contributed by atoms with Gasteiger partial charge in [-0.25, -0.2) is 0 Å². The lowest BCUT2D eigenvalue weighted by Crippen LogP contribution is -2.46. The summed E-state index contributed by atoms with van der Waals surface area (Å²) in [5.74, 6) is 1.70. The number of guanidine groups is 1. The fraction of sp³-hybridized carbons (Fsp3) is 0.650. The average molecular weight is 331 g/mol. The first kappa shape index (κ1) is 18.8. The maximum absolute atomic E-state index is 4.46. The van der Waals surface area contributed by atoms with E-state index >= 15 is 0 Å². The molecule has 0 radical (unpaired) electrons. The Morgan fingerprint density at radius 3 is 2.67 bits per heavy atom. The zero-order valence-electron chi connectivity index (χ0n) is 16.0. The Balaban J connectivity index is 1.84. The second-order valence-corrected chi connectivity index (χ2v) is 7.37. The van der Waals surface area contributed by atoms with Crippen LogP contribution in [0.15, 0.2) is 29.3 Å². The van der Waals surface area contributed by atoms with Gasteiger partial charge in [-0.1, -0.05) is 29.8 Å². The number of piperidine rings is 1. The van der Waals surface area contributed by atoms with Crippen LogP contribution in [0.3, 0.4) is 0 Å². The van der Waals surface area contributed by atoms with Crippen LogP contribution < -0.4 is 5.32 Å². The Bertz CT molecular complexity index is 521. The van der Waals surface area contributed by atoms with Crippen molar-refractivity contribution < 1.29 is 0 Å². The normalized spacial score (nSPS) is 19.6. The van der Waals surface area contributed by atoms with Gasteiger partial charge in [-0.2, -0.15) is 0 Å². The third kappa shape index (κ3) is 5.52. The fourth-order valence-electron chi connectivity index (χ4n) is 3.40. The molecule has 4 heteroatoms. The van der Waals surface area contributed by atoms with E-state index in [0.29, 0.717) is 12.0 Å². The molecule has 1 fully saturated rings. The van der Waals surface area contributed by atoms with E-state index in [4.69, 9.17) is 0 Å². The van der Waals surface area contributed by atoms with Gasteiger partial charge in [0.15, 0.2) is 5.96 Å². The first-order chi connectivity index (χ1) is 11.5. The fourth-order valence-corrected chi connectivity index (χ4v) is 3.40. The summed E-state index contributed by atoms with van der Waals surface area (Å²) in [4.78, 5) is 9.25. The van der Waals surface area contributed by atoms with Crippen molar-refractivity contribution in [2.75, 3.05) is 33.7 Å². The predicted molar refractivity (Wildman–Crippen MR) is 103 cm³/mol. The Hall–Kier alpha value is -1.55. The number of aliphatic imine (C=N–C) groups is 1. The van der Waals surface area contributed by atoms with Gasteiger partial charge < -0.3 is 15.1 Å². The molecule has 1 saturated heterocycles. The topological polar surface area (TPSA) is 30.9 Å². The number of rotatable bonds is 5. The van der Waals surface area contributed by atoms with Gasteiger partial charge in [0.1, 0.15) is 0 Å². The van der Waals surface area contributed by atoms with Gasteiger partial charge in [-0.05, 0) is 51.6 Å². The molecule has 1 aromatic rings. The summed E-state index contributed by atoms with van der Waals surface area (Å²) >= 11 is 0. The maximum Gasteiger partial charge on any atom is 0.193 e. The monoisotopic (exact) mass is 330 g/mol. The molecule has 1 aromatic carbocycles. The van der Waals surface area contributed by atoms with Crippen molar-refractivity contribution in [3.8, 4) is 0 Å². The van der Waals surface area contributed by atoms with E-state index < -0.39 is 0 Å². The standard InChI is InChI=1S/C20H34N4/c1-16(2)24-12-6-7-19(15-24)13-22-20(21-4)23(5)14-18-10-8-17(3)9-11-18/h8-11,16,19H,6-7,12-15H2,1-5H3,(H,21,22). The molecule has 1 atom stereocenters. The highest BCUT2D eigenvalue weighted by Crippen LogP contribution is 2.17. The van der Waals surface area contributed by atoms with Crippen LogP contribution in [-0.4, -0.2) is 55.5 Å². The van der Waals surface area contributed by atoms with Crippen LogP contribution in [0, 0.1) is 12.8 Å². The number of hydrogen-bond donors (Lipinski definition) is 1. The van der Waals surface area contributed by atoms with Crippen LogP contribution in [-0.2, 0) is 6.54 Å². The lowest BCUT2D eigenvalue weighted by Gasteiger charge is -2.36. The van der Waals surface area contributed by atoms with Crippen LogP contribution in [0.5, 0.6) is 0 Å². The van der Waals surface area contributed by atoms with Crippen molar-refractivity contribution in [3.05, 3.63) is 35.4 Å². The Morgan fingerprint density at radius 2 is 2.04 bits per heavy atom. The second kappa shape index (κ2) is 9.07. The Morgan fingerprint density at radius 1 is 1.33 bits per heavy atom. The summed E-state index contributed by atoms with van der Waals surface area (Å²) in [6.07, 6.45) is 2.62. The lowest BCUT2D eigenvalue weighted by molar-refractivity contribution is 0.140. The van der Waals surface area contributed by atoms with Gasteiger partial charge >= 0.3 is 0 Å². The van der Waals surface area contributed by atoms with Crippen LogP contribution in [0.2, 0.25) is 0 Å². The summed E-state index contributed by atoms with van der Waals surface area (Å²) in [5.41, 5.74) is 2.62. The van der Waals surface area contributed by atoms with E-state index in [1.54, 1.807) is 0 Å². The first-order valence-electron chi connectivity index (χ1n) is 9.21. The van der Waals surface area contributed by atoms with Crippen LogP contribution in [0.4, 0.5) is 0 Å². The number of aryl methyl sites for hydroxylation is 1. The number of likely N-dealkylation sites (tertiary alicyclic amines) is 1. The molecule has 1 aliphatic rings. The summed E-state index contributed by atoms with van der Waals surface area (Å²) in [6.45, 7) is 11.0. The van der Waals surface area contributed by atoms with Crippen molar-refractivity contribution in [1.29, 1.82) is 0 Å². The summed E-state index contributed by atoms with van der Waals surface area (Å²) in [6, 6.07) is 9.38. The van der Waals surface area contributed by atoms with Gasteiger partial charge in [-0.3, -0.25) is 4.99 Å². The second-order valence-electron chi connectivity index (χ2n) is 7.37. The highest BCUT2D eigenvalue weighted by molar-refractivity contribution is 5.79. The molecule has 0 spiro atoms. The molecule has 1 N–H and O–H groups in total. The summed E-state index contributed by atoms with van der Waals surface area (Å²) < 4.78 is 0. The summed E-state index contributed by atoms with van der Waals surface area (Å²) in [5, 5.41) is 3.58. The lowest BCUT2D eigenvalue weighted by atomic mass is 9.97. The minimum Gasteiger partial charge on any atom is -0.356 e. The molecule has 0 aromatic heterocycles.